The van der Waals surface area contributed by atoms with Crippen molar-refractivity contribution in [2.45, 2.75) is 29.5 Å². The first kappa shape index (κ1) is 13.9. The molecule has 4 heteroatoms. The lowest BCUT2D eigenvalue weighted by molar-refractivity contribution is 0.640. The Balaban J connectivity index is 2.21. The van der Waals surface area contributed by atoms with Gasteiger partial charge in [-0.1, -0.05) is 36.7 Å². The van der Waals surface area contributed by atoms with Gasteiger partial charge in [0.25, 0.3) is 0 Å². The Kier molecular flexibility index (Phi) is 5.13. The van der Waals surface area contributed by atoms with Gasteiger partial charge in [0, 0.05) is 15.8 Å². The second kappa shape index (κ2) is 6.62. The van der Waals surface area contributed by atoms with Crippen molar-refractivity contribution in [3.8, 4) is 0 Å². The average Bonchev–Trinajstić information content (AvgIpc) is 2.83. The molecule has 2 unspecified atom stereocenters. The maximum Gasteiger partial charge on any atom is 0.0931 e. The number of benzene rings is 1. The minimum Gasteiger partial charge on any atom is -0.326 e. The van der Waals surface area contributed by atoms with Gasteiger partial charge in [-0.05, 0) is 30.7 Å². The van der Waals surface area contributed by atoms with E-state index in [0.717, 1.165) is 10.8 Å². The van der Waals surface area contributed by atoms with Crippen LogP contribution in [0.3, 0.4) is 0 Å². The summed E-state index contributed by atoms with van der Waals surface area (Å²) in [5, 5.41) is 0.273. The van der Waals surface area contributed by atoms with Crippen LogP contribution in [0.2, 0.25) is 4.34 Å². The summed E-state index contributed by atoms with van der Waals surface area (Å²) in [7, 11) is 0. The molecule has 2 N–H and O–H groups in total. The smallest absolute Gasteiger partial charge is 0.0931 e. The predicted octanol–water partition coefficient (Wildman–Crippen LogP) is 4.97. The van der Waals surface area contributed by atoms with Gasteiger partial charge in [-0.2, -0.15) is 0 Å². The molecule has 0 amide bonds. The molecule has 0 radical (unpaired) electrons. The fourth-order valence-electron chi connectivity index (χ4n) is 1.70. The van der Waals surface area contributed by atoms with Gasteiger partial charge in [0.2, 0.25) is 0 Å². The lowest BCUT2D eigenvalue weighted by Gasteiger charge is -2.21. The van der Waals surface area contributed by atoms with Gasteiger partial charge in [-0.3, -0.25) is 0 Å². The zero-order chi connectivity index (χ0) is 13.0. The Morgan fingerprint density at radius 2 is 1.94 bits per heavy atom. The maximum absolute atomic E-state index is 6.25. The van der Waals surface area contributed by atoms with Crippen LogP contribution in [0.15, 0.2) is 47.4 Å². The molecular weight excluding hydrogens is 282 g/mol. The highest BCUT2D eigenvalue weighted by Gasteiger charge is 2.21. The van der Waals surface area contributed by atoms with Gasteiger partial charge in [-0.25, -0.2) is 0 Å². The molecule has 2 rings (SSSR count). The molecule has 1 aromatic heterocycles. The Labute approximate surface area is 121 Å². The highest BCUT2D eigenvalue weighted by Crippen LogP contribution is 2.41. The summed E-state index contributed by atoms with van der Waals surface area (Å²) >= 11 is 9.46. The molecule has 0 aliphatic carbocycles. The molecule has 2 atom stereocenters. The largest absolute Gasteiger partial charge is 0.326 e. The molecule has 0 bridgehead atoms. The summed E-state index contributed by atoms with van der Waals surface area (Å²) in [6.45, 7) is 2.12. The molecular formula is C14H16ClNS2. The van der Waals surface area contributed by atoms with Crippen LogP contribution in [0, 0.1) is 0 Å². The van der Waals surface area contributed by atoms with Gasteiger partial charge in [-0.15, -0.1) is 23.1 Å². The van der Waals surface area contributed by atoms with Gasteiger partial charge < -0.3 is 5.73 Å². The van der Waals surface area contributed by atoms with E-state index in [2.05, 4.69) is 37.3 Å². The highest BCUT2D eigenvalue weighted by molar-refractivity contribution is 7.99. The van der Waals surface area contributed by atoms with Gasteiger partial charge in [0.1, 0.15) is 0 Å². The Morgan fingerprint density at radius 1 is 1.22 bits per heavy atom. The number of nitrogens with two attached hydrogens (primary N) is 1. The summed E-state index contributed by atoms with van der Waals surface area (Å²) < 4.78 is 0.826. The van der Waals surface area contributed by atoms with Gasteiger partial charge >= 0.3 is 0 Å². The second-order valence-electron chi connectivity index (χ2n) is 4.07. The quantitative estimate of drug-likeness (QED) is 0.788. The molecule has 0 fully saturated rings. The van der Waals surface area contributed by atoms with Crippen molar-refractivity contribution in [3.63, 3.8) is 0 Å². The maximum atomic E-state index is 6.25. The highest BCUT2D eigenvalue weighted by atomic mass is 35.5. The third-order valence-corrected chi connectivity index (χ3v) is 5.61. The summed E-state index contributed by atoms with van der Waals surface area (Å²) in [6, 6.07) is 14.6. The lowest BCUT2D eigenvalue weighted by Crippen LogP contribution is -2.25. The van der Waals surface area contributed by atoms with Crippen LogP contribution >= 0.6 is 34.7 Å². The fraction of sp³-hybridized carbons (Fsp3) is 0.286. The van der Waals surface area contributed by atoms with Crippen molar-refractivity contribution in [1.82, 2.24) is 0 Å². The molecule has 0 aliphatic rings. The normalized spacial score (nSPS) is 14.4. The van der Waals surface area contributed by atoms with Crippen LogP contribution in [0.1, 0.15) is 23.5 Å². The topological polar surface area (TPSA) is 26.0 Å². The van der Waals surface area contributed by atoms with E-state index >= 15 is 0 Å². The number of halogens is 1. The van der Waals surface area contributed by atoms with Crippen molar-refractivity contribution in [2.75, 3.05) is 0 Å². The number of hydrogen-bond acceptors (Lipinski definition) is 3. The average molecular weight is 298 g/mol. The first-order valence-corrected chi connectivity index (χ1v) is 8.00. The standard InChI is InChI=1S/C14H16ClNS2/c1-2-11(16)14(12-8-9-13(15)18-12)17-10-6-4-3-5-7-10/h3-9,11,14H,2,16H2,1H3. The predicted molar refractivity (Wildman–Crippen MR) is 82.6 cm³/mol. The summed E-state index contributed by atoms with van der Waals surface area (Å²) in [6.07, 6.45) is 0.958. The van der Waals surface area contributed by atoms with Gasteiger partial charge in [0.15, 0.2) is 0 Å². The number of thioether (sulfide) groups is 1. The lowest BCUT2D eigenvalue weighted by atomic mass is 10.1. The zero-order valence-corrected chi connectivity index (χ0v) is 12.6. The molecule has 0 saturated heterocycles. The molecule has 0 aliphatic heterocycles. The van der Waals surface area contributed by atoms with Crippen molar-refractivity contribution in [3.05, 3.63) is 51.7 Å². The van der Waals surface area contributed by atoms with E-state index in [1.54, 1.807) is 11.3 Å². The number of thiophene rings is 1. The number of rotatable bonds is 5. The monoisotopic (exact) mass is 297 g/mol. The SMILES string of the molecule is CCC(N)C(Sc1ccccc1)c1ccc(Cl)s1. The van der Waals surface area contributed by atoms with Crippen LogP contribution in [0.5, 0.6) is 0 Å². The first-order valence-electron chi connectivity index (χ1n) is 5.93. The van der Waals surface area contributed by atoms with Crippen LogP contribution in [0.25, 0.3) is 0 Å². The minimum absolute atomic E-state index is 0.143. The zero-order valence-electron chi connectivity index (χ0n) is 10.2. The fourth-order valence-corrected chi connectivity index (χ4v) is 4.27. The third kappa shape index (κ3) is 3.51. The van der Waals surface area contributed by atoms with E-state index in [9.17, 15) is 0 Å². The molecule has 1 nitrogen and oxygen atoms in total. The van der Waals surface area contributed by atoms with E-state index in [1.807, 2.05) is 23.9 Å². The van der Waals surface area contributed by atoms with E-state index in [4.69, 9.17) is 17.3 Å². The Hall–Kier alpha value is -0.480. The van der Waals surface area contributed by atoms with Crippen molar-refractivity contribution < 1.29 is 0 Å². The first-order chi connectivity index (χ1) is 8.70. The number of hydrogen-bond donors (Lipinski definition) is 1. The molecule has 1 aromatic carbocycles. The second-order valence-corrected chi connectivity index (χ2v) is 7.03. The molecule has 0 saturated carbocycles. The molecule has 18 heavy (non-hydrogen) atoms. The Morgan fingerprint density at radius 3 is 2.50 bits per heavy atom. The van der Waals surface area contributed by atoms with Gasteiger partial charge in [0.05, 0.1) is 9.59 Å². The van der Waals surface area contributed by atoms with Crippen molar-refractivity contribution in [1.29, 1.82) is 0 Å². The van der Waals surface area contributed by atoms with E-state index in [-0.39, 0.29) is 11.3 Å². The van der Waals surface area contributed by atoms with E-state index < -0.39 is 0 Å². The van der Waals surface area contributed by atoms with Crippen molar-refractivity contribution >= 4 is 34.7 Å². The van der Waals surface area contributed by atoms with Crippen LogP contribution in [-0.4, -0.2) is 6.04 Å². The van der Waals surface area contributed by atoms with Crippen molar-refractivity contribution in [2.24, 2.45) is 5.73 Å². The van der Waals surface area contributed by atoms with E-state index in [1.165, 1.54) is 9.77 Å². The van der Waals surface area contributed by atoms with Crippen LogP contribution < -0.4 is 5.73 Å². The minimum atomic E-state index is 0.143. The summed E-state index contributed by atoms with van der Waals surface area (Å²) in [4.78, 5) is 2.50. The van der Waals surface area contributed by atoms with E-state index in [0.29, 0.717) is 0 Å². The molecule has 1 heterocycles. The molecule has 96 valence electrons. The summed E-state index contributed by atoms with van der Waals surface area (Å²) in [5.74, 6) is 0. The van der Waals surface area contributed by atoms with Crippen LogP contribution in [0.4, 0.5) is 0 Å². The van der Waals surface area contributed by atoms with Crippen LogP contribution in [-0.2, 0) is 0 Å². The molecule has 2 aromatic rings. The summed E-state index contributed by atoms with van der Waals surface area (Å²) in [5.41, 5.74) is 6.25. The Bertz CT molecular complexity index is 484. The molecule has 0 spiro atoms. The third-order valence-electron chi connectivity index (χ3n) is 2.74.